The molecular weight excluding hydrogens is 354 g/mol. The number of hydrogen-bond acceptors (Lipinski definition) is 3. The van der Waals surface area contributed by atoms with Gasteiger partial charge in [-0.2, -0.15) is 0 Å². The van der Waals surface area contributed by atoms with Gasteiger partial charge in [0.25, 0.3) is 0 Å². The molecule has 3 heterocycles. The summed E-state index contributed by atoms with van der Waals surface area (Å²) >= 11 is 5.76. The topological polar surface area (TPSA) is 36.3 Å². The lowest BCUT2D eigenvalue weighted by Crippen LogP contribution is -2.36. The van der Waals surface area contributed by atoms with Crippen LogP contribution in [0.1, 0.15) is 55.2 Å². The summed E-state index contributed by atoms with van der Waals surface area (Å²) in [5.41, 5.74) is 2.40. The van der Waals surface area contributed by atoms with Crippen molar-refractivity contribution in [3.05, 3.63) is 54.1 Å². The highest BCUT2D eigenvalue weighted by Crippen LogP contribution is 2.41. The number of aromatic nitrogens is 2. The number of nitrogens with one attached hydrogen (secondary N) is 1. The first-order valence-electron chi connectivity index (χ1n) is 9.94. The summed E-state index contributed by atoms with van der Waals surface area (Å²) < 4.78 is 2.51. The molecule has 2 aromatic heterocycles. The van der Waals surface area contributed by atoms with E-state index in [0.717, 1.165) is 23.9 Å². The quantitative estimate of drug-likeness (QED) is 0.772. The molecule has 0 aromatic carbocycles. The lowest BCUT2D eigenvalue weighted by atomic mass is 10.0. The Balaban J connectivity index is 1.71. The van der Waals surface area contributed by atoms with Crippen LogP contribution in [0.5, 0.6) is 0 Å². The number of pyridine rings is 1. The highest BCUT2D eigenvalue weighted by Gasteiger charge is 2.41. The molecule has 0 bridgehead atoms. The minimum atomic E-state index is 0.0796. The van der Waals surface area contributed by atoms with Gasteiger partial charge in [0.1, 0.15) is 0 Å². The van der Waals surface area contributed by atoms with Crippen molar-refractivity contribution in [1.82, 2.24) is 24.7 Å². The SMILES string of the molecule is CN(C)CCN1C(=S)N[C@H](c2ccccn2)[C@@H]1c1cccn1C1CCCC1. The van der Waals surface area contributed by atoms with Gasteiger partial charge in [0.05, 0.1) is 17.8 Å². The van der Waals surface area contributed by atoms with Crippen molar-refractivity contribution in [1.29, 1.82) is 0 Å². The summed E-state index contributed by atoms with van der Waals surface area (Å²) in [4.78, 5) is 9.21. The largest absolute Gasteiger partial charge is 0.352 e. The first-order valence-corrected chi connectivity index (χ1v) is 10.4. The molecule has 2 aromatic rings. The third kappa shape index (κ3) is 3.73. The van der Waals surface area contributed by atoms with Crippen LogP contribution in [-0.4, -0.2) is 51.6 Å². The molecule has 0 unspecified atom stereocenters. The van der Waals surface area contributed by atoms with Gasteiger partial charge in [-0.3, -0.25) is 4.98 Å². The lowest BCUT2D eigenvalue weighted by molar-refractivity contribution is 0.265. The maximum atomic E-state index is 5.76. The van der Waals surface area contributed by atoms with Crippen molar-refractivity contribution in [2.45, 2.75) is 43.8 Å². The minimum absolute atomic E-state index is 0.0796. The van der Waals surface area contributed by atoms with Crippen LogP contribution in [0.25, 0.3) is 0 Å². The van der Waals surface area contributed by atoms with E-state index in [-0.39, 0.29) is 12.1 Å². The summed E-state index contributed by atoms with van der Waals surface area (Å²) in [5, 5.41) is 4.39. The Morgan fingerprint density at radius 1 is 1.19 bits per heavy atom. The Bertz CT molecular complexity index is 766. The Morgan fingerprint density at radius 3 is 2.70 bits per heavy atom. The second-order valence-electron chi connectivity index (χ2n) is 7.90. The average molecular weight is 384 g/mol. The summed E-state index contributed by atoms with van der Waals surface area (Å²) in [6, 6.07) is 11.5. The summed E-state index contributed by atoms with van der Waals surface area (Å²) in [6.45, 7) is 1.88. The molecule has 0 spiro atoms. The number of nitrogens with zero attached hydrogens (tertiary/aromatic N) is 4. The monoisotopic (exact) mass is 383 g/mol. The van der Waals surface area contributed by atoms with Gasteiger partial charge in [-0.25, -0.2) is 0 Å². The molecule has 1 aliphatic carbocycles. The zero-order valence-corrected chi connectivity index (χ0v) is 17.0. The molecule has 1 N–H and O–H groups in total. The van der Waals surface area contributed by atoms with E-state index in [1.54, 1.807) is 0 Å². The molecule has 1 saturated heterocycles. The fourth-order valence-corrected chi connectivity index (χ4v) is 4.78. The first kappa shape index (κ1) is 18.4. The van der Waals surface area contributed by atoms with Crippen LogP contribution in [0.4, 0.5) is 0 Å². The Labute approximate surface area is 167 Å². The van der Waals surface area contributed by atoms with E-state index >= 15 is 0 Å². The number of hydrogen-bond donors (Lipinski definition) is 1. The van der Waals surface area contributed by atoms with Crippen LogP contribution in [0.15, 0.2) is 42.7 Å². The predicted molar refractivity (Wildman–Crippen MR) is 113 cm³/mol. The van der Waals surface area contributed by atoms with E-state index < -0.39 is 0 Å². The zero-order chi connectivity index (χ0) is 18.8. The van der Waals surface area contributed by atoms with E-state index in [4.69, 9.17) is 12.2 Å². The second-order valence-corrected chi connectivity index (χ2v) is 8.29. The van der Waals surface area contributed by atoms with Gasteiger partial charge in [-0.05, 0) is 63.4 Å². The van der Waals surface area contributed by atoms with Gasteiger partial charge in [0.15, 0.2) is 5.11 Å². The highest BCUT2D eigenvalue weighted by atomic mass is 32.1. The third-order valence-electron chi connectivity index (χ3n) is 5.82. The molecule has 27 heavy (non-hydrogen) atoms. The number of likely N-dealkylation sites (N-methyl/N-ethyl adjacent to an activating group) is 1. The molecule has 2 atom stereocenters. The van der Waals surface area contributed by atoms with E-state index in [2.05, 4.69) is 69.2 Å². The van der Waals surface area contributed by atoms with Gasteiger partial charge in [0, 0.05) is 37.2 Å². The maximum Gasteiger partial charge on any atom is 0.170 e. The Morgan fingerprint density at radius 2 is 2.00 bits per heavy atom. The first-order chi connectivity index (χ1) is 13.1. The van der Waals surface area contributed by atoms with Crippen LogP contribution in [0.3, 0.4) is 0 Å². The summed E-state index contributed by atoms with van der Waals surface area (Å²) in [7, 11) is 4.22. The molecule has 6 heteroatoms. The van der Waals surface area contributed by atoms with Crippen LogP contribution < -0.4 is 5.32 Å². The molecule has 1 saturated carbocycles. The molecule has 5 nitrogen and oxygen atoms in total. The summed E-state index contributed by atoms with van der Waals surface area (Å²) in [6.07, 6.45) is 9.34. The van der Waals surface area contributed by atoms with Gasteiger partial charge in [-0.1, -0.05) is 18.9 Å². The fraction of sp³-hybridized carbons (Fsp3) is 0.524. The van der Waals surface area contributed by atoms with Crippen LogP contribution in [0.2, 0.25) is 0 Å². The van der Waals surface area contributed by atoms with Crippen LogP contribution >= 0.6 is 12.2 Å². The molecule has 1 aliphatic heterocycles. The minimum Gasteiger partial charge on any atom is -0.352 e. The van der Waals surface area contributed by atoms with Crippen molar-refractivity contribution in [2.24, 2.45) is 0 Å². The van der Waals surface area contributed by atoms with Crippen molar-refractivity contribution >= 4 is 17.3 Å². The van der Waals surface area contributed by atoms with Gasteiger partial charge in [-0.15, -0.1) is 0 Å². The molecule has 4 rings (SSSR count). The lowest BCUT2D eigenvalue weighted by Gasteiger charge is -2.31. The number of thiocarbonyl (C=S) groups is 1. The molecular formula is C21H29N5S. The van der Waals surface area contributed by atoms with E-state index in [9.17, 15) is 0 Å². The molecule has 2 fully saturated rings. The predicted octanol–water partition coefficient (Wildman–Crippen LogP) is 3.53. The fourth-order valence-electron chi connectivity index (χ4n) is 4.45. The van der Waals surface area contributed by atoms with Crippen molar-refractivity contribution in [3.8, 4) is 0 Å². The van der Waals surface area contributed by atoms with Crippen molar-refractivity contribution in [3.63, 3.8) is 0 Å². The Hall–Kier alpha value is -1.92. The van der Waals surface area contributed by atoms with Crippen LogP contribution in [0, 0.1) is 0 Å². The number of rotatable bonds is 6. The van der Waals surface area contributed by atoms with Gasteiger partial charge in [0.2, 0.25) is 0 Å². The highest BCUT2D eigenvalue weighted by molar-refractivity contribution is 7.80. The van der Waals surface area contributed by atoms with E-state index in [0.29, 0.717) is 6.04 Å². The van der Waals surface area contributed by atoms with Crippen molar-refractivity contribution < 1.29 is 0 Å². The Kier molecular flexibility index (Phi) is 5.45. The standard InChI is InChI=1S/C21H29N5S/c1-24(2)14-15-26-20(18-11-7-13-25(18)16-8-3-4-9-16)19(23-21(26)27)17-10-5-6-12-22-17/h5-7,10-13,16,19-20H,3-4,8-9,14-15H2,1-2H3,(H,23,27)/t19-,20+/m1/s1. The van der Waals surface area contributed by atoms with Gasteiger partial charge < -0.3 is 19.7 Å². The van der Waals surface area contributed by atoms with Crippen molar-refractivity contribution in [2.75, 3.05) is 27.2 Å². The normalized spacial score (nSPS) is 23.4. The second kappa shape index (κ2) is 7.98. The molecule has 0 amide bonds. The molecule has 2 aliphatic rings. The maximum absolute atomic E-state index is 5.76. The zero-order valence-electron chi connectivity index (χ0n) is 16.2. The average Bonchev–Trinajstić information content (AvgIpc) is 3.40. The molecule has 144 valence electrons. The summed E-state index contributed by atoms with van der Waals surface area (Å²) in [5.74, 6) is 0. The van der Waals surface area contributed by atoms with E-state index in [1.807, 2.05) is 12.3 Å². The van der Waals surface area contributed by atoms with E-state index in [1.165, 1.54) is 31.4 Å². The van der Waals surface area contributed by atoms with Gasteiger partial charge >= 0.3 is 0 Å². The van der Waals surface area contributed by atoms with Crippen LogP contribution in [-0.2, 0) is 0 Å². The molecule has 0 radical (unpaired) electrons. The third-order valence-corrected chi connectivity index (χ3v) is 6.17. The smallest absolute Gasteiger partial charge is 0.170 e.